The number of benzene rings is 1. The lowest BCUT2D eigenvalue weighted by atomic mass is 10.1. The fraction of sp³-hybridized carbons (Fsp3) is 0.571. The maximum absolute atomic E-state index is 9.08. The van der Waals surface area contributed by atoms with Crippen molar-refractivity contribution in [2.75, 3.05) is 33.3 Å². The zero-order chi connectivity index (χ0) is 13.0. The number of aliphatic hydroxyl groups is 1. The molecule has 1 N–H and O–H groups in total. The van der Waals surface area contributed by atoms with Crippen molar-refractivity contribution < 1.29 is 5.11 Å². The van der Waals surface area contributed by atoms with Crippen molar-refractivity contribution in [1.82, 2.24) is 9.80 Å². The summed E-state index contributed by atoms with van der Waals surface area (Å²) in [7, 11) is 2.14. The summed E-state index contributed by atoms with van der Waals surface area (Å²) in [5.41, 5.74) is 1.30. The summed E-state index contributed by atoms with van der Waals surface area (Å²) < 4.78 is 0. The van der Waals surface area contributed by atoms with Gasteiger partial charge in [-0.2, -0.15) is 0 Å². The standard InChI is InChI=1S/C14H21ClN2O/c1-16-7-8-17(11-14(16)6-9-18)10-12-2-4-13(15)5-3-12/h2-5,14,18H,6-11H2,1H3/t14-/m1/s1. The Balaban J connectivity index is 1.91. The first-order valence-electron chi connectivity index (χ1n) is 6.47. The van der Waals surface area contributed by atoms with Crippen LogP contribution >= 0.6 is 11.6 Å². The third kappa shape index (κ3) is 3.69. The molecule has 3 nitrogen and oxygen atoms in total. The van der Waals surface area contributed by atoms with Gasteiger partial charge in [0.05, 0.1) is 0 Å². The number of hydrogen-bond donors (Lipinski definition) is 1. The van der Waals surface area contributed by atoms with Gasteiger partial charge in [0.15, 0.2) is 0 Å². The average Bonchev–Trinajstić information content (AvgIpc) is 2.37. The average molecular weight is 269 g/mol. The van der Waals surface area contributed by atoms with Crippen LogP contribution in [-0.2, 0) is 6.54 Å². The molecule has 4 heteroatoms. The highest BCUT2D eigenvalue weighted by molar-refractivity contribution is 6.30. The van der Waals surface area contributed by atoms with E-state index in [2.05, 4.69) is 29.0 Å². The molecule has 1 heterocycles. The quantitative estimate of drug-likeness (QED) is 0.903. The van der Waals surface area contributed by atoms with Gasteiger partial charge >= 0.3 is 0 Å². The van der Waals surface area contributed by atoms with E-state index >= 15 is 0 Å². The molecular weight excluding hydrogens is 248 g/mol. The number of nitrogens with zero attached hydrogens (tertiary/aromatic N) is 2. The van der Waals surface area contributed by atoms with Crippen molar-refractivity contribution in [3.63, 3.8) is 0 Å². The van der Waals surface area contributed by atoms with E-state index in [0.717, 1.165) is 37.6 Å². The Morgan fingerprint density at radius 2 is 2.00 bits per heavy atom. The highest BCUT2D eigenvalue weighted by Crippen LogP contribution is 2.15. The molecule has 0 unspecified atom stereocenters. The van der Waals surface area contributed by atoms with Gasteiger partial charge < -0.3 is 10.0 Å². The van der Waals surface area contributed by atoms with E-state index in [1.807, 2.05) is 12.1 Å². The van der Waals surface area contributed by atoms with Crippen LogP contribution in [0, 0.1) is 0 Å². The summed E-state index contributed by atoms with van der Waals surface area (Å²) in [5, 5.41) is 9.87. The fourth-order valence-corrected chi connectivity index (χ4v) is 2.59. The molecular formula is C14H21ClN2O. The largest absolute Gasteiger partial charge is 0.396 e. The second kappa shape index (κ2) is 6.53. The molecule has 1 fully saturated rings. The molecule has 0 amide bonds. The van der Waals surface area contributed by atoms with Crippen LogP contribution < -0.4 is 0 Å². The van der Waals surface area contributed by atoms with Crippen LogP contribution in [0.4, 0.5) is 0 Å². The molecule has 0 radical (unpaired) electrons. The Kier molecular flexibility index (Phi) is 5.01. The van der Waals surface area contributed by atoms with Crippen molar-refractivity contribution in [2.45, 2.75) is 19.0 Å². The maximum atomic E-state index is 9.08. The predicted molar refractivity (Wildman–Crippen MR) is 74.8 cm³/mol. The van der Waals surface area contributed by atoms with Gasteiger partial charge in [0.2, 0.25) is 0 Å². The van der Waals surface area contributed by atoms with Gasteiger partial charge in [-0.3, -0.25) is 4.90 Å². The van der Waals surface area contributed by atoms with Crippen LogP contribution in [0.2, 0.25) is 5.02 Å². The summed E-state index contributed by atoms with van der Waals surface area (Å²) >= 11 is 5.89. The molecule has 2 rings (SSSR count). The first-order chi connectivity index (χ1) is 8.69. The fourth-order valence-electron chi connectivity index (χ4n) is 2.46. The Bertz CT molecular complexity index is 369. The van der Waals surface area contributed by atoms with Crippen LogP contribution in [0.3, 0.4) is 0 Å². The van der Waals surface area contributed by atoms with Gasteiger partial charge in [-0.05, 0) is 31.2 Å². The van der Waals surface area contributed by atoms with E-state index in [1.165, 1.54) is 5.56 Å². The lowest BCUT2D eigenvalue weighted by molar-refractivity contribution is 0.0743. The molecule has 1 atom stereocenters. The van der Waals surface area contributed by atoms with E-state index in [-0.39, 0.29) is 6.61 Å². The van der Waals surface area contributed by atoms with E-state index in [9.17, 15) is 0 Å². The molecule has 0 bridgehead atoms. The molecule has 100 valence electrons. The topological polar surface area (TPSA) is 26.7 Å². The lowest BCUT2D eigenvalue weighted by Crippen LogP contribution is -2.51. The maximum Gasteiger partial charge on any atom is 0.0446 e. The van der Waals surface area contributed by atoms with E-state index in [1.54, 1.807) is 0 Å². The minimum absolute atomic E-state index is 0.268. The van der Waals surface area contributed by atoms with E-state index < -0.39 is 0 Å². The normalized spacial score (nSPS) is 22.3. The highest BCUT2D eigenvalue weighted by Gasteiger charge is 2.23. The molecule has 1 saturated heterocycles. The molecule has 0 aromatic heterocycles. The Labute approximate surface area is 114 Å². The summed E-state index contributed by atoms with van der Waals surface area (Å²) in [4.78, 5) is 4.79. The molecule has 1 aliphatic heterocycles. The number of piperazine rings is 1. The van der Waals surface area contributed by atoms with Gasteiger partial charge in [0.25, 0.3) is 0 Å². The Morgan fingerprint density at radius 1 is 1.28 bits per heavy atom. The van der Waals surface area contributed by atoms with Gasteiger partial charge in [-0.1, -0.05) is 23.7 Å². The van der Waals surface area contributed by atoms with Crippen LogP contribution in [0.1, 0.15) is 12.0 Å². The van der Waals surface area contributed by atoms with Gasteiger partial charge in [-0.25, -0.2) is 0 Å². The third-order valence-electron chi connectivity index (χ3n) is 3.64. The Hall–Kier alpha value is -0.610. The summed E-state index contributed by atoms with van der Waals surface area (Å²) in [6, 6.07) is 8.52. The molecule has 1 aromatic rings. The van der Waals surface area contributed by atoms with Gasteiger partial charge in [0.1, 0.15) is 0 Å². The van der Waals surface area contributed by atoms with E-state index in [0.29, 0.717) is 6.04 Å². The summed E-state index contributed by atoms with van der Waals surface area (Å²) in [5.74, 6) is 0. The van der Waals surface area contributed by atoms with Crippen LogP contribution in [0.5, 0.6) is 0 Å². The zero-order valence-corrected chi connectivity index (χ0v) is 11.6. The van der Waals surface area contributed by atoms with Gasteiger partial charge in [0, 0.05) is 43.9 Å². The summed E-state index contributed by atoms with van der Waals surface area (Å²) in [6.45, 7) is 4.41. The molecule has 18 heavy (non-hydrogen) atoms. The highest BCUT2D eigenvalue weighted by atomic mass is 35.5. The molecule has 0 saturated carbocycles. The molecule has 0 aliphatic carbocycles. The first kappa shape index (κ1) is 13.8. The van der Waals surface area contributed by atoms with Gasteiger partial charge in [-0.15, -0.1) is 0 Å². The van der Waals surface area contributed by atoms with Crippen molar-refractivity contribution in [2.24, 2.45) is 0 Å². The van der Waals surface area contributed by atoms with Crippen LogP contribution in [0.25, 0.3) is 0 Å². The number of likely N-dealkylation sites (N-methyl/N-ethyl adjacent to an activating group) is 1. The van der Waals surface area contributed by atoms with Crippen LogP contribution in [0.15, 0.2) is 24.3 Å². The summed E-state index contributed by atoms with van der Waals surface area (Å²) in [6.07, 6.45) is 0.855. The van der Waals surface area contributed by atoms with Crippen molar-refractivity contribution in [3.05, 3.63) is 34.9 Å². The molecule has 1 aliphatic rings. The second-order valence-corrected chi connectivity index (χ2v) is 5.44. The van der Waals surface area contributed by atoms with Crippen LogP contribution in [-0.4, -0.2) is 54.2 Å². The predicted octanol–water partition coefficient (Wildman–Crippen LogP) is 1.84. The Morgan fingerprint density at radius 3 is 2.67 bits per heavy atom. The number of aliphatic hydroxyl groups excluding tert-OH is 1. The molecule has 1 aromatic carbocycles. The van der Waals surface area contributed by atoms with Crippen molar-refractivity contribution in [1.29, 1.82) is 0 Å². The molecule has 0 spiro atoms. The number of rotatable bonds is 4. The minimum atomic E-state index is 0.268. The zero-order valence-electron chi connectivity index (χ0n) is 10.8. The third-order valence-corrected chi connectivity index (χ3v) is 3.89. The van der Waals surface area contributed by atoms with Crippen molar-refractivity contribution >= 4 is 11.6 Å². The van der Waals surface area contributed by atoms with E-state index in [4.69, 9.17) is 16.7 Å². The monoisotopic (exact) mass is 268 g/mol. The smallest absolute Gasteiger partial charge is 0.0446 e. The number of hydrogen-bond acceptors (Lipinski definition) is 3. The number of halogens is 1. The SMILES string of the molecule is CN1CCN(Cc2ccc(Cl)cc2)C[C@H]1CCO. The second-order valence-electron chi connectivity index (χ2n) is 5.01. The minimum Gasteiger partial charge on any atom is -0.396 e. The lowest BCUT2D eigenvalue weighted by Gasteiger charge is -2.39. The first-order valence-corrected chi connectivity index (χ1v) is 6.84. The van der Waals surface area contributed by atoms with Crippen molar-refractivity contribution in [3.8, 4) is 0 Å².